The fourth-order valence-electron chi connectivity index (χ4n) is 6.29. The molecule has 0 radical (unpaired) electrons. The Labute approximate surface area is 307 Å². The van der Waals surface area contributed by atoms with Gasteiger partial charge in [-0.2, -0.15) is 5.26 Å². The highest BCUT2D eigenvalue weighted by atomic mass is 16.7. The van der Waals surface area contributed by atoms with Gasteiger partial charge in [-0.15, -0.1) is 0 Å². The van der Waals surface area contributed by atoms with Gasteiger partial charge in [0, 0.05) is 35.8 Å². The fraction of sp³-hybridized carbons (Fsp3) is 0.268. The number of H-pyrrole nitrogens is 1. The van der Waals surface area contributed by atoms with E-state index >= 15 is 0 Å². The molecule has 3 amide bonds. The number of nitrogens with zero attached hydrogens (tertiary/aromatic N) is 3. The van der Waals surface area contributed by atoms with Gasteiger partial charge in [0.05, 0.1) is 12.1 Å². The van der Waals surface area contributed by atoms with Crippen LogP contribution in [0.25, 0.3) is 10.9 Å². The topological polar surface area (TPSA) is 146 Å². The Balaban J connectivity index is 1.25. The van der Waals surface area contributed by atoms with Gasteiger partial charge in [0.15, 0.2) is 17.7 Å². The number of rotatable bonds is 15. The van der Waals surface area contributed by atoms with Crippen molar-refractivity contribution in [3.05, 3.63) is 125 Å². The van der Waals surface area contributed by atoms with Crippen LogP contribution in [0.15, 0.2) is 97.1 Å². The molecule has 53 heavy (non-hydrogen) atoms. The number of hydrogen-bond donors (Lipinski definition) is 2. The first kappa shape index (κ1) is 36.3. The number of nitrogens with one attached hydrogen (secondary N) is 2. The minimum absolute atomic E-state index is 0.00140. The van der Waals surface area contributed by atoms with Crippen molar-refractivity contribution in [2.45, 2.75) is 52.0 Å². The summed E-state index contributed by atoms with van der Waals surface area (Å²) < 4.78 is 22.8. The zero-order valence-corrected chi connectivity index (χ0v) is 29.7. The molecule has 1 atom stereocenters. The van der Waals surface area contributed by atoms with Gasteiger partial charge in [0.25, 0.3) is 11.8 Å². The van der Waals surface area contributed by atoms with Crippen molar-refractivity contribution in [3.63, 3.8) is 0 Å². The van der Waals surface area contributed by atoms with E-state index in [4.69, 9.17) is 18.9 Å². The molecule has 2 heterocycles. The maximum absolute atomic E-state index is 14.9. The lowest BCUT2D eigenvalue weighted by atomic mass is 10.0. The van der Waals surface area contributed by atoms with Crippen LogP contribution in [0.2, 0.25) is 0 Å². The van der Waals surface area contributed by atoms with Gasteiger partial charge in [0.2, 0.25) is 6.79 Å². The van der Waals surface area contributed by atoms with Crippen LogP contribution in [-0.2, 0) is 29.3 Å². The zero-order chi connectivity index (χ0) is 37.2. The maximum atomic E-state index is 14.9. The molecule has 1 aliphatic rings. The number of carbonyl (C=O) groups excluding carboxylic acids is 3. The molecule has 272 valence electrons. The molecule has 0 fully saturated rings. The Morgan fingerprint density at radius 1 is 0.925 bits per heavy atom. The van der Waals surface area contributed by atoms with Crippen molar-refractivity contribution in [2.24, 2.45) is 0 Å². The van der Waals surface area contributed by atoms with Crippen LogP contribution < -0.4 is 19.5 Å². The summed E-state index contributed by atoms with van der Waals surface area (Å²) in [5.41, 5.74) is 4.26. The lowest BCUT2D eigenvalue weighted by Crippen LogP contribution is -2.49. The minimum Gasteiger partial charge on any atom is -0.489 e. The second-order valence-electron chi connectivity index (χ2n) is 12.7. The Morgan fingerprint density at radius 2 is 1.66 bits per heavy atom. The van der Waals surface area contributed by atoms with Gasteiger partial charge >= 0.3 is 6.09 Å². The van der Waals surface area contributed by atoms with Crippen LogP contribution in [-0.4, -0.2) is 59.1 Å². The number of carbonyl (C=O) groups is 3. The lowest BCUT2D eigenvalue weighted by Gasteiger charge is -2.32. The molecule has 4 aromatic carbocycles. The number of likely N-dealkylation sites (N-methyl/N-ethyl adjacent to an activating group) is 1. The van der Waals surface area contributed by atoms with Gasteiger partial charge in [-0.1, -0.05) is 72.8 Å². The molecule has 1 aliphatic heterocycles. The van der Waals surface area contributed by atoms with E-state index in [9.17, 15) is 19.6 Å². The molecule has 1 unspecified atom stereocenters. The highest BCUT2D eigenvalue weighted by Crippen LogP contribution is 2.37. The molecule has 2 N–H and O–H groups in total. The number of alkyl carbamates (subject to hydrolysis) is 1. The molecule has 0 saturated carbocycles. The molecule has 1 aromatic heterocycles. The Kier molecular flexibility index (Phi) is 11.8. The molecule has 0 saturated heterocycles. The maximum Gasteiger partial charge on any atom is 0.407 e. The number of fused-ring (bicyclic) bond motifs is 2. The van der Waals surface area contributed by atoms with Crippen molar-refractivity contribution >= 4 is 28.8 Å². The number of amides is 3. The van der Waals surface area contributed by atoms with Gasteiger partial charge in [-0.3, -0.25) is 14.5 Å². The summed E-state index contributed by atoms with van der Waals surface area (Å²) in [4.78, 5) is 47.0. The monoisotopic (exact) mass is 715 g/mol. The number of para-hydroxylation sites is 1. The molecule has 0 bridgehead atoms. The van der Waals surface area contributed by atoms with E-state index in [1.807, 2.05) is 98.0 Å². The van der Waals surface area contributed by atoms with Crippen molar-refractivity contribution in [1.29, 1.82) is 5.26 Å². The van der Waals surface area contributed by atoms with E-state index < -0.39 is 23.9 Å². The fourth-order valence-corrected chi connectivity index (χ4v) is 6.29. The van der Waals surface area contributed by atoms with Gasteiger partial charge in [0.1, 0.15) is 25.0 Å². The first-order valence-corrected chi connectivity index (χ1v) is 17.4. The summed E-state index contributed by atoms with van der Waals surface area (Å²) in [5.74, 6) is 0.679. The average Bonchev–Trinajstić information content (AvgIpc) is 3.81. The predicted molar refractivity (Wildman–Crippen MR) is 197 cm³/mol. The molecule has 12 heteroatoms. The van der Waals surface area contributed by atoms with Gasteiger partial charge < -0.3 is 34.1 Å². The predicted octanol–water partition coefficient (Wildman–Crippen LogP) is 6.83. The number of aromatic amines is 1. The number of benzene rings is 4. The van der Waals surface area contributed by atoms with E-state index in [1.165, 1.54) is 11.9 Å². The van der Waals surface area contributed by atoms with E-state index in [1.54, 1.807) is 12.1 Å². The van der Waals surface area contributed by atoms with Crippen molar-refractivity contribution < 1.29 is 33.3 Å². The summed E-state index contributed by atoms with van der Waals surface area (Å²) in [6.07, 6.45) is 2.52. The molecule has 5 aromatic rings. The quantitative estimate of drug-likeness (QED) is 0.0682. The van der Waals surface area contributed by atoms with Crippen molar-refractivity contribution in [2.75, 3.05) is 20.4 Å². The number of ether oxygens (including phenoxy) is 4. The third kappa shape index (κ3) is 8.88. The number of unbranched alkanes of at least 4 members (excludes halogenated alkanes) is 1. The van der Waals surface area contributed by atoms with E-state index in [-0.39, 0.29) is 26.4 Å². The normalized spacial score (nSPS) is 12.1. The molecule has 0 aliphatic carbocycles. The van der Waals surface area contributed by atoms with Crippen LogP contribution in [0, 0.1) is 18.4 Å². The van der Waals surface area contributed by atoms with Gasteiger partial charge in [-0.25, -0.2) is 4.79 Å². The van der Waals surface area contributed by atoms with Crippen LogP contribution in [0.3, 0.4) is 0 Å². The number of hydrogen-bond acceptors (Lipinski definition) is 8. The first-order valence-electron chi connectivity index (χ1n) is 17.4. The second-order valence-corrected chi connectivity index (χ2v) is 12.7. The van der Waals surface area contributed by atoms with E-state index in [2.05, 4.69) is 10.3 Å². The largest absolute Gasteiger partial charge is 0.489 e. The van der Waals surface area contributed by atoms with Crippen molar-refractivity contribution in [3.8, 4) is 23.4 Å². The lowest BCUT2D eigenvalue weighted by molar-refractivity contribution is -0.132. The number of aryl methyl sites for hydroxylation is 1. The average molecular weight is 716 g/mol. The smallest absolute Gasteiger partial charge is 0.407 e. The summed E-state index contributed by atoms with van der Waals surface area (Å²) in [5, 5.41) is 13.2. The van der Waals surface area contributed by atoms with Gasteiger partial charge in [-0.05, 0) is 61.6 Å². The van der Waals surface area contributed by atoms with Crippen LogP contribution in [0.1, 0.15) is 52.0 Å². The Morgan fingerprint density at radius 3 is 2.40 bits per heavy atom. The third-order valence-corrected chi connectivity index (χ3v) is 9.03. The zero-order valence-electron chi connectivity index (χ0n) is 29.7. The standard InChI is InChI=1S/C41H41N5O7/c1-28-37(33-22-32(19-20-34(33)44-28)50-24-29-12-5-3-6-13-29)40(48)46(23-31-16-11-18-36-38(31)53-27-52-36)35(39(47)45(2)26-42)17-9-10-21-43-41(49)51-25-30-14-7-4-8-15-30/h3-8,11-16,18-20,22,35,44H,9-10,17,21,23-25,27H2,1-2H3,(H,43,49). The number of aromatic nitrogens is 1. The third-order valence-electron chi connectivity index (χ3n) is 9.03. The van der Waals surface area contributed by atoms with Crippen LogP contribution >= 0.6 is 0 Å². The molecule has 6 rings (SSSR count). The number of nitriles is 1. The molecular weight excluding hydrogens is 674 g/mol. The Hall–Kier alpha value is -6.48. The van der Waals surface area contributed by atoms with Crippen molar-refractivity contribution in [1.82, 2.24) is 20.1 Å². The summed E-state index contributed by atoms with van der Waals surface area (Å²) >= 11 is 0. The second kappa shape index (κ2) is 17.2. The summed E-state index contributed by atoms with van der Waals surface area (Å²) in [6, 6.07) is 29.1. The SMILES string of the molecule is Cc1[nH]c2ccc(OCc3ccccc3)cc2c1C(=O)N(Cc1cccc2c1OCO2)C(CCCCNC(=O)OCc1ccccc1)C(=O)N(C)C#N. The Bertz CT molecular complexity index is 2090. The summed E-state index contributed by atoms with van der Waals surface area (Å²) in [6.45, 7) is 2.64. The summed E-state index contributed by atoms with van der Waals surface area (Å²) in [7, 11) is 1.38. The minimum atomic E-state index is -1.03. The molecule has 12 nitrogen and oxygen atoms in total. The van der Waals surface area contributed by atoms with E-state index in [0.29, 0.717) is 65.4 Å². The highest BCUT2D eigenvalue weighted by Gasteiger charge is 2.35. The first-order chi connectivity index (χ1) is 25.8. The highest BCUT2D eigenvalue weighted by molar-refractivity contribution is 6.09. The van der Waals surface area contributed by atoms with Crippen LogP contribution in [0.4, 0.5) is 4.79 Å². The molecular formula is C41H41N5O7. The van der Waals surface area contributed by atoms with E-state index in [0.717, 1.165) is 21.5 Å². The van der Waals surface area contributed by atoms with Crippen LogP contribution in [0.5, 0.6) is 17.2 Å². The molecule has 0 spiro atoms.